The normalized spacial score (nSPS) is 32.6. The number of phenols is 1. The van der Waals surface area contributed by atoms with E-state index in [1.807, 2.05) is 6.07 Å². The molecule has 0 spiro atoms. The van der Waals surface area contributed by atoms with E-state index in [0.29, 0.717) is 42.3 Å². The minimum atomic E-state index is -5.46. The highest BCUT2D eigenvalue weighted by Crippen LogP contribution is 2.68. The first-order chi connectivity index (χ1) is 21.2. The summed E-state index contributed by atoms with van der Waals surface area (Å²) in [5.41, 5.74) is 1.09. The Balaban J connectivity index is 1.09. The Morgan fingerprint density at radius 2 is 1.67 bits per heavy atom. The molecule has 5 nitrogen and oxygen atoms in total. The van der Waals surface area contributed by atoms with Crippen molar-refractivity contribution >= 4 is 5.97 Å². The number of aliphatic hydroxyl groups is 1. The molecular weight excluding hydrogens is 593 g/mol. The number of nitrogens with zero attached hydrogens (tertiary/aromatic N) is 1. The second-order valence-corrected chi connectivity index (χ2v) is 14.8. The van der Waals surface area contributed by atoms with E-state index >= 15 is 0 Å². The predicted molar refractivity (Wildman–Crippen MR) is 161 cm³/mol. The molecule has 3 aliphatic carbocycles. The summed E-state index contributed by atoms with van der Waals surface area (Å²) in [5.74, 6) is -3.15. The number of carbonyl (C=O) groups is 1. The second kappa shape index (κ2) is 13.3. The number of carbonyl (C=O) groups excluding carboxylic acids is 1. The summed E-state index contributed by atoms with van der Waals surface area (Å²) in [6, 6.07) is 5.82. The molecule has 1 unspecified atom stereocenters. The molecule has 0 radical (unpaired) electrons. The summed E-state index contributed by atoms with van der Waals surface area (Å²) in [5, 5.41) is 22.1. The van der Waals surface area contributed by atoms with Gasteiger partial charge in [-0.2, -0.15) is 22.0 Å². The Hall–Kier alpha value is -1.94. The third-order valence-electron chi connectivity index (χ3n) is 12.0. The lowest BCUT2D eigenvalue weighted by Crippen LogP contribution is -2.54. The van der Waals surface area contributed by atoms with Crippen molar-refractivity contribution in [2.24, 2.45) is 23.2 Å². The Morgan fingerprint density at radius 3 is 2.38 bits per heavy atom. The monoisotopic (exact) mass is 643 g/mol. The number of hydrogen-bond donors (Lipinski definition) is 2. The minimum Gasteiger partial charge on any atom is -0.508 e. The highest BCUT2D eigenvalue weighted by Gasteiger charge is 2.71. The molecule has 2 N–H and O–H groups in total. The molecule has 1 saturated heterocycles. The number of benzene rings is 1. The van der Waals surface area contributed by atoms with Crippen LogP contribution < -0.4 is 0 Å². The lowest BCUT2D eigenvalue weighted by atomic mass is 9.49. The summed E-state index contributed by atoms with van der Waals surface area (Å²) in [6.07, 6.45) is 3.41. The highest BCUT2D eigenvalue weighted by atomic mass is 19.4. The molecular formula is C35H50F5NO4. The summed E-state index contributed by atoms with van der Waals surface area (Å²) in [4.78, 5) is 14.5. The number of ether oxygens (including phenoxy) is 1. The number of fused-ring (bicyclic) bond motifs is 7. The van der Waals surface area contributed by atoms with Crippen molar-refractivity contribution in [3.8, 4) is 5.75 Å². The molecule has 2 saturated carbocycles. The molecule has 4 aliphatic rings. The molecule has 0 amide bonds. The van der Waals surface area contributed by atoms with Gasteiger partial charge in [-0.15, -0.1) is 0 Å². The Bertz CT molecular complexity index is 1190. The predicted octanol–water partition coefficient (Wildman–Crippen LogP) is 8.16. The van der Waals surface area contributed by atoms with Crippen LogP contribution in [0.15, 0.2) is 18.2 Å². The molecule has 45 heavy (non-hydrogen) atoms. The van der Waals surface area contributed by atoms with Crippen LogP contribution in [0.2, 0.25) is 0 Å². The highest BCUT2D eigenvalue weighted by molar-refractivity contribution is 5.74. The second-order valence-electron chi connectivity index (χ2n) is 14.8. The van der Waals surface area contributed by atoms with E-state index in [0.717, 1.165) is 77.3 Å². The number of aromatic hydroxyl groups is 1. The third-order valence-corrected chi connectivity index (χ3v) is 12.0. The number of phenolic OH excluding ortho intramolecular Hbond substituents is 1. The Kier molecular flexibility index (Phi) is 10.2. The third kappa shape index (κ3) is 6.88. The standard InChI is InChI=1S/C35H50F5NO4/c1-32-21-24(11-7-6-10-18-41(2)17-9-5-3-4-8-16-34(36,37)35(38,39)40)31-26-15-13-25(42)19-23(26)12-14-27(31)28(32)20-29-33(32,44)22-30(43)45-29/h13,15,19,24,27-29,31,42,44H,3-12,14,16-18,20-22H2,1-2H3/t24-,27-,28-,29?,31+,32-,33+/m0/s1. The zero-order valence-corrected chi connectivity index (χ0v) is 26.7. The topological polar surface area (TPSA) is 70.0 Å². The molecule has 3 fully saturated rings. The molecule has 5 rings (SSSR count). The van der Waals surface area contributed by atoms with Crippen LogP contribution in [0.3, 0.4) is 0 Å². The van der Waals surface area contributed by atoms with Crippen LogP contribution >= 0.6 is 0 Å². The van der Waals surface area contributed by atoms with Gasteiger partial charge in [-0.25, -0.2) is 0 Å². The first-order valence-corrected chi connectivity index (χ1v) is 17.0. The van der Waals surface area contributed by atoms with Gasteiger partial charge < -0.3 is 19.8 Å². The lowest BCUT2D eigenvalue weighted by molar-refractivity contribution is -0.284. The van der Waals surface area contributed by atoms with Gasteiger partial charge in [-0.3, -0.25) is 4.79 Å². The van der Waals surface area contributed by atoms with Crippen molar-refractivity contribution in [1.29, 1.82) is 0 Å². The molecule has 1 aromatic carbocycles. The van der Waals surface area contributed by atoms with E-state index in [9.17, 15) is 37.0 Å². The minimum absolute atomic E-state index is 0.0829. The van der Waals surface area contributed by atoms with Crippen molar-refractivity contribution < 1.29 is 41.7 Å². The van der Waals surface area contributed by atoms with Gasteiger partial charge in [0.15, 0.2) is 0 Å². The van der Waals surface area contributed by atoms with Gasteiger partial charge in [-0.05, 0) is 118 Å². The van der Waals surface area contributed by atoms with Crippen LogP contribution in [-0.2, 0) is 16.0 Å². The van der Waals surface area contributed by atoms with Crippen molar-refractivity contribution in [3.05, 3.63) is 29.3 Å². The van der Waals surface area contributed by atoms with E-state index in [-0.39, 0.29) is 24.2 Å². The van der Waals surface area contributed by atoms with Crippen molar-refractivity contribution in [3.63, 3.8) is 0 Å². The molecule has 7 atom stereocenters. The average Bonchev–Trinajstić information content (AvgIpc) is 3.37. The first-order valence-electron chi connectivity index (χ1n) is 17.0. The number of hydrogen-bond acceptors (Lipinski definition) is 5. The number of aryl methyl sites for hydroxylation is 1. The molecule has 1 heterocycles. The smallest absolute Gasteiger partial charge is 0.453 e. The Morgan fingerprint density at radius 1 is 1.00 bits per heavy atom. The van der Waals surface area contributed by atoms with Crippen LogP contribution in [0, 0.1) is 23.2 Å². The van der Waals surface area contributed by atoms with Crippen LogP contribution in [0.5, 0.6) is 5.75 Å². The van der Waals surface area contributed by atoms with Gasteiger partial charge in [0.1, 0.15) is 17.5 Å². The average molecular weight is 644 g/mol. The van der Waals surface area contributed by atoms with Crippen LogP contribution in [-0.4, -0.2) is 65.0 Å². The van der Waals surface area contributed by atoms with Gasteiger partial charge in [0, 0.05) is 11.8 Å². The van der Waals surface area contributed by atoms with Gasteiger partial charge >= 0.3 is 18.1 Å². The van der Waals surface area contributed by atoms with Crippen LogP contribution in [0.1, 0.15) is 114 Å². The summed E-state index contributed by atoms with van der Waals surface area (Å²) < 4.78 is 68.5. The maximum absolute atomic E-state index is 13.0. The van der Waals surface area contributed by atoms with E-state index < -0.39 is 30.2 Å². The van der Waals surface area contributed by atoms with Crippen molar-refractivity contribution in [2.75, 3.05) is 20.1 Å². The zero-order chi connectivity index (χ0) is 32.6. The van der Waals surface area contributed by atoms with Crippen molar-refractivity contribution in [1.82, 2.24) is 4.90 Å². The van der Waals surface area contributed by atoms with E-state index in [1.54, 1.807) is 6.07 Å². The van der Waals surface area contributed by atoms with Crippen LogP contribution in [0.25, 0.3) is 0 Å². The van der Waals surface area contributed by atoms with Gasteiger partial charge in [-0.1, -0.05) is 45.1 Å². The van der Waals surface area contributed by atoms with Gasteiger partial charge in [0.05, 0.1) is 6.42 Å². The molecule has 0 bridgehead atoms. The van der Waals surface area contributed by atoms with Crippen molar-refractivity contribution in [2.45, 2.75) is 133 Å². The summed E-state index contributed by atoms with van der Waals surface area (Å²) in [7, 11) is 2.06. The number of unbranched alkanes of at least 4 members (excludes halogenated alkanes) is 6. The molecule has 10 heteroatoms. The number of halogens is 5. The number of alkyl halides is 5. The van der Waals surface area contributed by atoms with E-state index in [2.05, 4.69) is 24.9 Å². The fraction of sp³-hybridized carbons (Fsp3) is 0.800. The van der Waals surface area contributed by atoms with E-state index in [1.165, 1.54) is 11.1 Å². The molecule has 254 valence electrons. The lowest BCUT2D eigenvalue weighted by Gasteiger charge is -2.56. The first kappa shape index (κ1) is 34.4. The summed E-state index contributed by atoms with van der Waals surface area (Å²) in [6.45, 7) is 4.01. The van der Waals surface area contributed by atoms with Crippen LogP contribution in [0.4, 0.5) is 22.0 Å². The largest absolute Gasteiger partial charge is 0.508 e. The maximum atomic E-state index is 13.0. The zero-order valence-electron chi connectivity index (χ0n) is 26.7. The molecule has 0 aromatic heterocycles. The molecule has 1 aliphatic heterocycles. The SMILES string of the molecule is CN(CCCCCCCC(F)(F)C(F)(F)F)CCCCC[C@H]1C[C@@]2(C)[C@@H](CC3OC(=O)C[C@@]32O)[C@@H]2CCc3cc(O)ccc3[C@@H]12. The number of esters is 1. The molecule has 1 aromatic rings. The maximum Gasteiger partial charge on any atom is 0.453 e. The Labute approximate surface area is 263 Å². The van der Waals surface area contributed by atoms with Gasteiger partial charge in [0.25, 0.3) is 0 Å². The van der Waals surface area contributed by atoms with Gasteiger partial charge in [0.2, 0.25) is 0 Å². The number of rotatable bonds is 14. The van der Waals surface area contributed by atoms with E-state index in [4.69, 9.17) is 4.74 Å². The quantitative estimate of drug-likeness (QED) is 0.122. The fourth-order valence-electron chi connectivity index (χ4n) is 9.58. The fourth-order valence-corrected chi connectivity index (χ4v) is 9.58. The summed E-state index contributed by atoms with van der Waals surface area (Å²) >= 11 is 0.